The highest BCUT2D eigenvalue weighted by Crippen LogP contribution is 2.52. The number of carbonyl (C=O) groups excluding carboxylic acids is 1. The molecule has 37 heavy (non-hydrogen) atoms. The van der Waals surface area contributed by atoms with E-state index in [0.717, 1.165) is 0 Å². The Bertz CT molecular complexity index is 1260. The number of nitrogens with two attached hydrogens (primary N) is 1. The number of aliphatic hydroxyl groups is 1. The lowest BCUT2D eigenvalue weighted by Gasteiger charge is -2.46. The van der Waals surface area contributed by atoms with Crippen LogP contribution in [-0.4, -0.2) is 76.8 Å². The van der Waals surface area contributed by atoms with Crippen LogP contribution in [0.4, 0.5) is 0 Å². The van der Waals surface area contributed by atoms with E-state index < -0.39 is 40.1 Å². The van der Waals surface area contributed by atoms with Gasteiger partial charge in [-0.25, -0.2) is 14.7 Å². The van der Waals surface area contributed by atoms with Gasteiger partial charge in [0.15, 0.2) is 0 Å². The number of amides is 1. The van der Waals surface area contributed by atoms with Gasteiger partial charge in [0.05, 0.1) is 28.1 Å². The molecular weight excluding hydrogens is 587 g/mol. The van der Waals surface area contributed by atoms with Crippen molar-refractivity contribution in [1.29, 1.82) is 0 Å². The Labute approximate surface area is 234 Å². The molecule has 6 atom stereocenters. The zero-order valence-corrected chi connectivity index (χ0v) is 23.8. The van der Waals surface area contributed by atoms with Gasteiger partial charge in [0.1, 0.15) is 5.70 Å². The summed E-state index contributed by atoms with van der Waals surface area (Å²) < 4.78 is 25.5. The molecule has 1 aromatic carbocycles. The third-order valence-electron chi connectivity index (χ3n) is 7.08. The Morgan fingerprint density at radius 1 is 1.27 bits per heavy atom. The van der Waals surface area contributed by atoms with Crippen molar-refractivity contribution in [2.75, 3.05) is 13.1 Å². The van der Waals surface area contributed by atoms with Crippen LogP contribution in [-0.2, 0) is 26.3 Å². The highest BCUT2D eigenvalue weighted by atomic mass is 35.5. The predicted octanol–water partition coefficient (Wildman–Crippen LogP) is 2.27. The van der Waals surface area contributed by atoms with Crippen LogP contribution in [0, 0.1) is 11.8 Å². The smallest absolute Gasteiger partial charge is 0.353 e. The summed E-state index contributed by atoms with van der Waals surface area (Å²) in [7, 11) is -3.93. The third-order valence-corrected chi connectivity index (χ3v) is 10.2. The molecule has 15 heteroatoms. The molecule has 0 aliphatic carbocycles. The molecule has 3 aliphatic heterocycles. The van der Waals surface area contributed by atoms with E-state index in [1.54, 1.807) is 12.1 Å². The minimum atomic E-state index is -3.93. The monoisotopic (exact) mass is 612 g/mol. The number of hydrogen-bond acceptors (Lipinski definition) is 7. The average molecular weight is 614 g/mol. The lowest BCUT2D eigenvalue weighted by molar-refractivity contribution is -0.163. The molecular formula is C22H27Cl3N4O6S2. The van der Waals surface area contributed by atoms with Crippen molar-refractivity contribution in [3.05, 3.63) is 43.4 Å². The summed E-state index contributed by atoms with van der Waals surface area (Å²) in [5.41, 5.74) is 0.658. The fourth-order valence-electron chi connectivity index (χ4n) is 5.40. The van der Waals surface area contributed by atoms with Crippen molar-refractivity contribution in [2.24, 2.45) is 17.0 Å². The number of rotatable bonds is 9. The van der Waals surface area contributed by atoms with Crippen molar-refractivity contribution >= 4 is 68.7 Å². The van der Waals surface area contributed by atoms with E-state index in [9.17, 15) is 28.2 Å². The van der Waals surface area contributed by atoms with E-state index in [1.807, 2.05) is 11.8 Å². The number of thioether (sulfide) groups is 1. The number of aliphatic carboxylic acids is 1. The molecule has 1 aromatic rings. The zero-order valence-electron chi connectivity index (χ0n) is 19.9. The summed E-state index contributed by atoms with van der Waals surface area (Å²) >= 11 is 20.0. The van der Waals surface area contributed by atoms with E-state index in [1.165, 1.54) is 23.6 Å². The first-order chi connectivity index (χ1) is 17.2. The Morgan fingerprint density at radius 2 is 1.92 bits per heavy atom. The Morgan fingerprint density at radius 3 is 2.51 bits per heavy atom. The number of halogens is 3. The number of β-lactam (4-membered cyclic amide) rings is 1. The van der Waals surface area contributed by atoms with Crippen LogP contribution in [0.5, 0.6) is 0 Å². The van der Waals surface area contributed by atoms with Crippen LogP contribution in [0.3, 0.4) is 0 Å². The SMILES string of the molecule is C[C@@H](O)[C@H]1C(=O)N2C(C(=O)O)=C(S[C@H]3C[C@@H](CNS(N)(=O)=O)N(Cc4cc(Cl)c(Cl)cc4Cl)C3)[C@H](C)[C@H]12. The van der Waals surface area contributed by atoms with Gasteiger partial charge < -0.3 is 15.1 Å². The second kappa shape index (κ2) is 10.8. The quantitative estimate of drug-likeness (QED) is 0.244. The molecule has 3 aliphatic rings. The van der Waals surface area contributed by atoms with Crippen LogP contribution in [0.25, 0.3) is 0 Å². The number of nitrogens with one attached hydrogen (secondary N) is 1. The van der Waals surface area contributed by atoms with Gasteiger partial charge in [0.2, 0.25) is 5.91 Å². The summed E-state index contributed by atoms with van der Waals surface area (Å²) in [6.45, 7) is 4.28. The molecule has 204 valence electrons. The van der Waals surface area contributed by atoms with E-state index >= 15 is 0 Å². The van der Waals surface area contributed by atoms with Gasteiger partial charge in [-0.05, 0) is 31.0 Å². The first kappa shape index (κ1) is 28.9. The summed E-state index contributed by atoms with van der Waals surface area (Å²) in [6, 6.07) is 2.53. The maximum atomic E-state index is 12.6. The molecule has 0 spiro atoms. The minimum Gasteiger partial charge on any atom is -0.477 e. The largest absolute Gasteiger partial charge is 0.477 e. The molecule has 0 radical (unpaired) electrons. The lowest BCUT2D eigenvalue weighted by Crippen LogP contribution is -2.63. The minimum absolute atomic E-state index is 0.0467. The van der Waals surface area contributed by atoms with Gasteiger partial charge >= 0.3 is 5.97 Å². The van der Waals surface area contributed by atoms with Crippen molar-refractivity contribution < 1.29 is 28.2 Å². The van der Waals surface area contributed by atoms with Crippen molar-refractivity contribution in [2.45, 2.75) is 50.3 Å². The van der Waals surface area contributed by atoms with Gasteiger partial charge in [-0.3, -0.25) is 9.69 Å². The zero-order chi connectivity index (χ0) is 27.4. The molecule has 0 unspecified atom stereocenters. The molecule has 0 bridgehead atoms. The summed E-state index contributed by atoms with van der Waals surface area (Å²) in [6.07, 6.45) is -0.365. The predicted molar refractivity (Wildman–Crippen MR) is 142 cm³/mol. The van der Waals surface area contributed by atoms with E-state index in [-0.39, 0.29) is 29.5 Å². The van der Waals surface area contributed by atoms with Crippen LogP contribution in [0.15, 0.2) is 22.7 Å². The summed E-state index contributed by atoms with van der Waals surface area (Å²) in [5.74, 6) is -2.50. The maximum Gasteiger partial charge on any atom is 0.353 e. The molecule has 5 N–H and O–H groups in total. The van der Waals surface area contributed by atoms with E-state index in [0.29, 0.717) is 45.0 Å². The number of nitrogens with zero attached hydrogens (tertiary/aromatic N) is 2. The van der Waals surface area contributed by atoms with Gasteiger partial charge in [0, 0.05) is 46.8 Å². The second-order valence-corrected chi connectivity index (χ2v) is 13.5. The normalized spacial score (nSPS) is 29.0. The highest BCUT2D eigenvalue weighted by molar-refractivity contribution is 8.03. The number of fused-ring (bicyclic) bond motifs is 1. The molecule has 3 heterocycles. The van der Waals surface area contributed by atoms with Gasteiger partial charge in [0.25, 0.3) is 10.2 Å². The van der Waals surface area contributed by atoms with Gasteiger partial charge in [-0.15, -0.1) is 11.8 Å². The van der Waals surface area contributed by atoms with Crippen LogP contribution in [0.1, 0.15) is 25.8 Å². The lowest BCUT2D eigenvalue weighted by atomic mass is 9.79. The number of hydrogen-bond donors (Lipinski definition) is 4. The molecule has 1 amide bonds. The van der Waals surface area contributed by atoms with Gasteiger partial charge in [-0.2, -0.15) is 8.42 Å². The number of aliphatic hydroxyl groups excluding tert-OH is 1. The standard InChI is InChI=1S/C22H27Cl3N4O6S2/c1-9-18-17(10(2)30)21(31)29(18)19(22(32)33)20(9)36-13-4-12(6-27-37(26,34)35)28(8-13)7-11-3-15(24)16(25)5-14(11)23/h3,5,9-10,12-13,17-18,27,30H,4,6-8H2,1-2H3,(H,32,33)(H2,26,34,35)/t9-,10-,12+,13+,17-,18-/m1/s1. The van der Waals surface area contributed by atoms with Crippen LogP contribution in [0.2, 0.25) is 15.1 Å². The highest BCUT2D eigenvalue weighted by Gasteiger charge is 2.60. The Hall–Kier alpha value is -1.09. The first-order valence-electron chi connectivity index (χ1n) is 11.5. The molecule has 0 saturated carbocycles. The van der Waals surface area contributed by atoms with Crippen LogP contribution >= 0.6 is 46.6 Å². The first-order valence-corrected chi connectivity index (χ1v) is 15.1. The molecule has 4 rings (SSSR count). The Kier molecular flexibility index (Phi) is 8.45. The topological polar surface area (TPSA) is 153 Å². The maximum absolute atomic E-state index is 12.6. The van der Waals surface area contributed by atoms with Crippen molar-refractivity contribution in [3.8, 4) is 0 Å². The molecule has 10 nitrogen and oxygen atoms in total. The number of carboxylic acid groups (broad SMARTS) is 1. The van der Waals surface area contributed by atoms with Crippen molar-refractivity contribution in [3.63, 3.8) is 0 Å². The number of likely N-dealkylation sites (tertiary alicyclic amines) is 1. The number of carbonyl (C=O) groups is 2. The van der Waals surface area contributed by atoms with E-state index in [4.69, 9.17) is 39.9 Å². The van der Waals surface area contributed by atoms with E-state index in [2.05, 4.69) is 4.72 Å². The molecule has 2 saturated heterocycles. The van der Waals surface area contributed by atoms with Crippen molar-refractivity contribution in [1.82, 2.24) is 14.5 Å². The summed E-state index contributed by atoms with van der Waals surface area (Å²) in [5, 5.41) is 26.1. The second-order valence-electron chi connectivity index (χ2n) is 9.58. The Balaban J connectivity index is 1.58. The third kappa shape index (κ3) is 5.78. The molecule has 0 aromatic heterocycles. The number of carboxylic acids is 1. The fourth-order valence-corrected chi connectivity index (χ4v) is 8.05. The van der Waals surface area contributed by atoms with Gasteiger partial charge in [-0.1, -0.05) is 41.7 Å². The molecule has 2 fully saturated rings. The number of benzene rings is 1. The average Bonchev–Trinajstić information content (AvgIpc) is 3.26. The fraction of sp³-hybridized carbons (Fsp3) is 0.545. The summed E-state index contributed by atoms with van der Waals surface area (Å²) in [4.78, 5) is 28.7. The van der Waals surface area contributed by atoms with Crippen LogP contribution < -0.4 is 9.86 Å².